The lowest BCUT2D eigenvalue weighted by molar-refractivity contribution is 0.409. The Balaban J connectivity index is 2.60. The molecule has 0 aliphatic heterocycles. The summed E-state index contributed by atoms with van der Waals surface area (Å²) in [5, 5.41) is 3.33. The van der Waals surface area contributed by atoms with Crippen LogP contribution in [0.25, 0.3) is 0 Å². The van der Waals surface area contributed by atoms with E-state index in [1.54, 1.807) is 12.1 Å². The van der Waals surface area contributed by atoms with Crippen LogP contribution in [0.1, 0.15) is 32.3 Å². The Hall–Kier alpha value is -1.09. The van der Waals surface area contributed by atoms with E-state index in [-0.39, 0.29) is 5.82 Å². The van der Waals surface area contributed by atoms with Gasteiger partial charge < -0.3 is 10.1 Å². The zero-order chi connectivity index (χ0) is 12.0. The number of hydrogen-bond acceptors (Lipinski definition) is 2. The smallest absolute Gasteiger partial charge is 0.131 e. The van der Waals surface area contributed by atoms with Gasteiger partial charge in [-0.3, -0.25) is 0 Å². The fraction of sp³-hybridized carbons (Fsp3) is 0.538. The molecule has 0 amide bonds. The first kappa shape index (κ1) is 13.0. The Bertz CT molecular complexity index is 324. The van der Waals surface area contributed by atoms with Crippen LogP contribution >= 0.6 is 0 Å². The third-order valence-electron chi connectivity index (χ3n) is 2.83. The van der Waals surface area contributed by atoms with Crippen molar-refractivity contribution in [3.63, 3.8) is 0 Å². The topological polar surface area (TPSA) is 21.3 Å². The third-order valence-corrected chi connectivity index (χ3v) is 2.83. The zero-order valence-electron chi connectivity index (χ0n) is 10.2. The van der Waals surface area contributed by atoms with E-state index in [9.17, 15) is 4.39 Å². The van der Waals surface area contributed by atoms with Crippen LogP contribution in [0.15, 0.2) is 18.2 Å². The highest BCUT2D eigenvalue weighted by Crippen LogP contribution is 2.16. The van der Waals surface area contributed by atoms with Gasteiger partial charge in [0.2, 0.25) is 0 Å². The first-order valence-corrected chi connectivity index (χ1v) is 5.77. The van der Waals surface area contributed by atoms with E-state index in [1.165, 1.54) is 13.2 Å². The van der Waals surface area contributed by atoms with Gasteiger partial charge in [-0.2, -0.15) is 0 Å². The van der Waals surface area contributed by atoms with Crippen LogP contribution in [0.2, 0.25) is 0 Å². The summed E-state index contributed by atoms with van der Waals surface area (Å²) in [6, 6.07) is 5.43. The van der Waals surface area contributed by atoms with Crippen molar-refractivity contribution in [2.45, 2.75) is 39.3 Å². The van der Waals surface area contributed by atoms with Crippen molar-refractivity contribution < 1.29 is 9.13 Å². The number of benzene rings is 1. The highest BCUT2D eigenvalue weighted by molar-refractivity contribution is 5.28. The number of ether oxygens (including phenoxy) is 1. The van der Waals surface area contributed by atoms with Gasteiger partial charge in [-0.15, -0.1) is 0 Å². The lowest BCUT2D eigenvalue weighted by Crippen LogP contribution is -2.27. The van der Waals surface area contributed by atoms with E-state index in [4.69, 9.17) is 4.74 Å². The molecule has 0 aliphatic rings. The molecule has 3 heteroatoms. The van der Waals surface area contributed by atoms with Crippen LogP contribution in [0.4, 0.5) is 4.39 Å². The van der Waals surface area contributed by atoms with Gasteiger partial charge in [0.15, 0.2) is 0 Å². The molecule has 0 spiro atoms. The Morgan fingerprint density at radius 3 is 2.50 bits per heavy atom. The summed E-state index contributed by atoms with van der Waals surface area (Å²) < 4.78 is 18.5. The van der Waals surface area contributed by atoms with Gasteiger partial charge in [-0.1, -0.05) is 19.9 Å². The van der Waals surface area contributed by atoms with Crippen LogP contribution in [0.3, 0.4) is 0 Å². The lowest BCUT2D eigenvalue weighted by Gasteiger charge is -2.15. The number of rotatable bonds is 6. The molecule has 0 bridgehead atoms. The zero-order valence-corrected chi connectivity index (χ0v) is 10.2. The maximum atomic E-state index is 13.6. The van der Waals surface area contributed by atoms with Gasteiger partial charge in [0.1, 0.15) is 11.6 Å². The summed E-state index contributed by atoms with van der Waals surface area (Å²) in [7, 11) is 1.54. The minimum absolute atomic E-state index is 0.210. The third kappa shape index (κ3) is 3.49. The Morgan fingerprint density at radius 1 is 1.31 bits per heavy atom. The van der Waals surface area contributed by atoms with Crippen molar-refractivity contribution in [2.75, 3.05) is 7.11 Å². The largest absolute Gasteiger partial charge is 0.497 e. The maximum Gasteiger partial charge on any atom is 0.131 e. The van der Waals surface area contributed by atoms with Crippen molar-refractivity contribution in [3.05, 3.63) is 29.6 Å². The van der Waals surface area contributed by atoms with Gasteiger partial charge in [0.05, 0.1) is 7.11 Å². The normalized spacial score (nSPS) is 10.8. The molecule has 0 saturated carbocycles. The van der Waals surface area contributed by atoms with Crippen molar-refractivity contribution in [2.24, 2.45) is 0 Å². The molecule has 90 valence electrons. The number of nitrogens with one attached hydrogen (secondary N) is 1. The molecule has 2 nitrogen and oxygen atoms in total. The van der Waals surface area contributed by atoms with E-state index in [2.05, 4.69) is 19.2 Å². The Labute approximate surface area is 96.8 Å². The van der Waals surface area contributed by atoms with Crippen molar-refractivity contribution in [1.29, 1.82) is 0 Å². The van der Waals surface area contributed by atoms with E-state index < -0.39 is 0 Å². The first-order chi connectivity index (χ1) is 7.71. The second kappa shape index (κ2) is 6.48. The quantitative estimate of drug-likeness (QED) is 0.803. The predicted octanol–water partition coefficient (Wildman–Crippen LogP) is 3.11. The second-order valence-electron chi connectivity index (χ2n) is 3.85. The molecule has 0 saturated heterocycles. The highest BCUT2D eigenvalue weighted by atomic mass is 19.1. The molecule has 1 N–H and O–H groups in total. The first-order valence-electron chi connectivity index (χ1n) is 5.77. The summed E-state index contributed by atoms with van der Waals surface area (Å²) in [4.78, 5) is 0. The van der Waals surface area contributed by atoms with Gasteiger partial charge in [0.25, 0.3) is 0 Å². The van der Waals surface area contributed by atoms with Crippen LogP contribution in [0.5, 0.6) is 5.75 Å². The Morgan fingerprint density at radius 2 is 2.00 bits per heavy atom. The summed E-state index contributed by atoms with van der Waals surface area (Å²) >= 11 is 0. The molecule has 16 heavy (non-hydrogen) atoms. The molecular weight excluding hydrogens is 205 g/mol. The molecule has 1 aromatic rings. The van der Waals surface area contributed by atoms with Gasteiger partial charge in [-0.25, -0.2) is 4.39 Å². The molecular formula is C13H20FNO. The predicted molar refractivity (Wildman–Crippen MR) is 64.2 cm³/mol. The summed E-state index contributed by atoms with van der Waals surface area (Å²) in [5.74, 6) is 0.349. The minimum Gasteiger partial charge on any atom is -0.497 e. The Kier molecular flexibility index (Phi) is 5.26. The fourth-order valence-electron chi connectivity index (χ4n) is 1.63. The monoisotopic (exact) mass is 225 g/mol. The molecule has 0 aromatic heterocycles. The van der Waals surface area contributed by atoms with Gasteiger partial charge >= 0.3 is 0 Å². The number of hydrogen-bond donors (Lipinski definition) is 1. The summed E-state index contributed by atoms with van der Waals surface area (Å²) in [5.41, 5.74) is 0.688. The average molecular weight is 225 g/mol. The second-order valence-corrected chi connectivity index (χ2v) is 3.85. The van der Waals surface area contributed by atoms with Crippen molar-refractivity contribution in [3.8, 4) is 5.75 Å². The molecule has 1 rings (SSSR count). The molecule has 0 aliphatic carbocycles. The number of halogens is 1. The summed E-state index contributed by atoms with van der Waals surface area (Å²) in [6.07, 6.45) is 2.13. The van der Waals surface area contributed by atoms with Crippen LogP contribution in [-0.4, -0.2) is 13.2 Å². The summed E-state index contributed by atoms with van der Waals surface area (Å²) in [6.45, 7) is 4.83. The molecule has 0 radical (unpaired) electrons. The fourth-order valence-corrected chi connectivity index (χ4v) is 1.63. The van der Waals surface area contributed by atoms with Crippen molar-refractivity contribution in [1.82, 2.24) is 5.32 Å². The van der Waals surface area contributed by atoms with E-state index in [1.807, 2.05) is 0 Å². The van der Waals surface area contributed by atoms with Crippen LogP contribution in [0, 0.1) is 5.82 Å². The minimum atomic E-state index is -0.210. The molecule has 0 unspecified atom stereocenters. The van der Waals surface area contributed by atoms with E-state index >= 15 is 0 Å². The highest BCUT2D eigenvalue weighted by Gasteiger charge is 2.06. The SMILES string of the molecule is CCC(CC)NCc1ccc(OC)cc1F. The molecule has 0 heterocycles. The van der Waals surface area contributed by atoms with Crippen LogP contribution < -0.4 is 10.1 Å². The van der Waals surface area contributed by atoms with Gasteiger partial charge in [-0.05, 0) is 18.9 Å². The molecule has 1 aromatic carbocycles. The van der Waals surface area contributed by atoms with Crippen molar-refractivity contribution >= 4 is 0 Å². The lowest BCUT2D eigenvalue weighted by atomic mass is 10.1. The van der Waals surface area contributed by atoms with Gasteiger partial charge in [0, 0.05) is 24.2 Å². The van der Waals surface area contributed by atoms with E-state index in [0.717, 1.165) is 12.8 Å². The molecule has 0 fully saturated rings. The number of methoxy groups -OCH3 is 1. The van der Waals surface area contributed by atoms with Crippen LogP contribution in [-0.2, 0) is 6.54 Å². The van der Waals surface area contributed by atoms with E-state index in [0.29, 0.717) is 23.9 Å². The molecule has 0 atom stereocenters. The standard InChI is InChI=1S/C13H20FNO/c1-4-11(5-2)15-9-10-6-7-12(16-3)8-13(10)14/h6-8,11,15H,4-5,9H2,1-3H3. The maximum absolute atomic E-state index is 13.6. The average Bonchev–Trinajstić information content (AvgIpc) is 2.32.